The quantitative estimate of drug-likeness (QED) is 0.655. The van der Waals surface area contributed by atoms with Gasteiger partial charge in [-0.1, -0.05) is 22.9 Å². The number of hydrogen-bond donors (Lipinski definition) is 1. The summed E-state index contributed by atoms with van der Waals surface area (Å²) in [5.41, 5.74) is 0.721. The third kappa shape index (κ3) is 4.38. The minimum Gasteiger partial charge on any atom is -0.497 e. The van der Waals surface area contributed by atoms with Crippen LogP contribution in [0.15, 0.2) is 47.4 Å². The van der Waals surface area contributed by atoms with E-state index in [2.05, 4.69) is 10.3 Å². The van der Waals surface area contributed by atoms with Gasteiger partial charge in [0.2, 0.25) is 15.9 Å². The maximum atomic E-state index is 12.5. The largest absolute Gasteiger partial charge is 0.497 e. The van der Waals surface area contributed by atoms with Crippen LogP contribution >= 0.6 is 22.9 Å². The Kier molecular flexibility index (Phi) is 5.66. The summed E-state index contributed by atoms with van der Waals surface area (Å²) < 4.78 is 32.0. The van der Waals surface area contributed by atoms with Gasteiger partial charge in [-0.15, -0.1) is 0 Å². The zero-order valence-electron chi connectivity index (χ0n) is 14.5. The second kappa shape index (κ2) is 7.81. The van der Waals surface area contributed by atoms with E-state index in [1.54, 1.807) is 19.2 Å². The van der Waals surface area contributed by atoms with Crippen LogP contribution in [0.3, 0.4) is 0 Å². The molecule has 10 heteroatoms. The molecule has 0 spiro atoms. The average molecular weight is 426 g/mol. The first-order chi connectivity index (χ1) is 12.8. The van der Waals surface area contributed by atoms with Crippen molar-refractivity contribution >= 4 is 54.2 Å². The van der Waals surface area contributed by atoms with Gasteiger partial charge in [0.15, 0.2) is 5.13 Å². The van der Waals surface area contributed by atoms with Crippen molar-refractivity contribution in [2.75, 3.05) is 26.0 Å². The maximum absolute atomic E-state index is 12.5. The van der Waals surface area contributed by atoms with E-state index in [4.69, 9.17) is 16.3 Å². The fraction of sp³-hybridized carbons (Fsp3) is 0.176. The summed E-state index contributed by atoms with van der Waals surface area (Å²) in [4.78, 5) is 16.6. The lowest BCUT2D eigenvalue weighted by Crippen LogP contribution is -2.34. The molecule has 2 aromatic carbocycles. The molecule has 3 aromatic rings. The second-order valence-electron chi connectivity index (χ2n) is 5.62. The smallest absolute Gasteiger partial charge is 0.243 e. The van der Waals surface area contributed by atoms with Crippen molar-refractivity contribution in [1.82, 2.24) is 9.29 Å². The van der Waals surface area contributed by atoms with Gasteiger partial charge in [-0.3, -0.25) is 4.79 Å². The number of nitrogens with zero attached hydrogens (tertiary/aromatic N) is 2. The highest BCUT2D eigenvalue weighted by atomic mass is 35.5. The average Bonchev–Trinajstić information content (AvgIpc) is 3.02. The molecule has 0 radical (unpaired) electrons. The normalized spacial score (nSPS) is 11.7. The van der Waals surface area contributed by atoms with Gasteiger partial charge in [0.25, 0.3) is 0 Å². The summed E-state index contributed by atoms with van der Waals surface area (Å²) in [5, 5.41) is 3.45. The first kappa shape index (κ1) is 19.6. The van der Waals surface area contributed by atoms with E-state index in [-0.39, 0.29) is 11.4 Å². The summed E-state index contributed by atoms with van der Waals surface area (Å²) in [6.45, 7) is -0.343. The Morgan fingerprint density at radius 1 is 1.26 bits per heavy atom. The predicted molar refractivity (Wildman–Crippen MR) is 106 cm³/mol. The standard InChI is InChI=1S/C17H16ClN3O4S2/c1-21(27(23,24)13-6-3-11(18)4-7-13)10-16(22)20-17-19-14-8-5-12(25-2)9-15(14)26-17/h3-9H,10H2,1-2H3,(H,19,20,22). The molecule has 7 nitrogen and oxygen atoms in total. The molecule has 0 aliphatic carbocycles. The molecule has 142 valence electrons. The first-order valence-corrected chi connectivity index (χ1v) is 10.4. The van der Waals surface area contributed by atoms with Gasteiger partial charge in [-0.2, -0.15) is 4.31 Å². The number of sulfonamides is 1. The van der Waals surface area contributed by atoms with Crippen LogP contribution in [-0.4, -0.2) is 44.3 Å². The van der Waals surface area contributed by atoms with E-state index >= 15 is 0 Å². The monoisotopic (exact) mass is 425 g/mol. The predicted octanol–water partition coefficient (Wildman–Crippen LogP) is 3.22. The minimum atomic E-state index is -3.80. The number of halogens is 1. The number of methoxy groups -OCH3 is 1. The Balaban J connectivity index is 1.70. The fourth-order valence-corrected chi connectivity index (χ4v) is 4.48. The highest BCUT2D eigenvalue weighted by Crippen LogP contribution is 2.29. The van der Waals surface area contributed by atoms with Crippen LogP contribution in [-0.2, 0) is 14.8 Å². The molecule has 0 atom stereocenters. The number of nitrogens with one attached hydrogen (secondary N) is 1. The molecule has 0 unspecified atom stereocenters. The van der Waals surface area contributed by atoms with E-state index in [0.717, 1.165) is 14.5 Å². The Bertz CT molecular complexity index is 1080. The van der Waals surface area contributed by atoms with Crippen molar-refractivity contribution < 1.29 is 17.9 Å². The number of amides is 1. The molecule has 0 fully saturated rings. The number of fused-ring (bicyclic) bond motifs is 1. The minimum absolute atomic E-state index is 0.0642. The molecule has 1 heterocycles. The van der Waals surface area contributed by atoms with Crippen LogP contribution < -0.4 is 10.1 Å². The lowest BCUT2D eigenvalue weighted by molar-refractivity contribution is -0.116. The SMILES string of the molecule is COc1ccc2nc(NC(=O)CN(C)S(=O)(=O)c3ccc(Cl)cc3)sc2c1. The topological polar surface area (TPSA) is 88.6 Å². The second-order valence-corrected chi connectivity index (χ2v) is 9.13. The molecule has 1 amide bonds. The molecular formula is C17H16ClN3O4S2. The van der Waals surface area contributed by atoms with E-state index in [0.29, 0.717) is 15.9 Å². The summed E-state index contributed by atoms with van der Waals surface area (Å²) >= 11 is 7.06. The van der Waals surface area contributed by atoms with Crippen LogP contribution in [0.25, 0.3) is 10.2 Å². The maximum Gasteiger partial charge on any atom is 0.243 e. The Labute approximate surface area is 165 Å². The highest BCUT2D eigenvalue weighted by molar-refractivity contribution is 7.89. The number of thiazole rings is 1. The number of likely N-dealkylation sites (N-methyl/N-ethyl adjacent to an activating group) is 1. The summed E-state index contributed by atoms with van der Waals surface area (Å²) in [7, 11) is -0.885. The Morgan fingerprint density at radius 2 is 1.96 bits per heavy atom. The number of benzene rings is 2. The lowest BCUT2D eigenvalue weighted by Gasteiger charge is -2.16. The van der Waals surface area contributed by atoms with E-state index < -0.39 is 15.9 Å². The van der Waals surface area contributed by atoms with Crippen molar-refractivity contribution in [3.05, 3.63) is 47.5 Å². The molecule has 3 rings (SSSR count). The van der Waals surface area contributed by atoms with Crippen LogP contribution in [0.4, 0.5) is 5.13 Å². The van der Waals surface area contributed by atoms with Gasteiger partial charge in [-0.05, 0) is 42.5 Å². The van der Waals surface area contributed by atoms with Gasteiger partial charge in [0.1, 0.15) is 5.75 Å². The van der Waals surface area contributed by atoms with E-state index in [9.17, 15) is 13.2 Å². The fourth-order valence-electron chi connectivity index (χ4n) is 2.32. The third-order valence-corrected chi connectivity index (χ3v) is 6.73. The van der Waals surface area contributed by atoms with Gasteiger partial charge in [0, 0.05) is 12.1 Å². The van der Waals surface area contributed by atoms with Crippen LogP contribution in [0, 0.1) is 0 Å². The molecule has 0 aliphatic heterocycles. The molecule has 1 aromatic heterocycles. The lowest BCUT2D eigenvalue weighted by atomic mass is 10.3. The van der Waals surface area contributed by atoms with Crippen LogP contribution in [0.5, 0.6) is 5.75 Å². The molecule has 0 saturated heterocycles. The summed E-state index contributed by atoms with van der Waals surface area (Å²) in [6.07, 6.45) is 0. The number of rotatable bonds is 6. The number of hydrogen-bond acceptors (Lipinski definition) is 6. The van der Waals surface area contributed by atoms with Gasteiger partial charge in [0.05, 0.1) is 28.8 Å². The number of carbonyl (C=O) groups is 1. The number of ether oxygens (including phenoxy) is 1. The number of aromatic nitrogens is 1. The molecule has 0 aliphatic rings. The van der Waals surface area contributed by atoms with Crippen molar-refractivity contribution in [2.24, 2.45) is 0 Å². The van der Waals surface area contributed by atoms with Gasteiger partial charge < -0.3 is 10.1 Å². The zero-order valence-corrected chi connectivity index (χ0v) is 16.9. The van der Waals surface area contributed by atoms with Gasteiger partial charge in [-0.25, -0.2) is 13.4 Å². The van der Waals surface area contributed by atoms with Crippen molar-refractivity contribution in [3.63, 3.8) is 0 Å². The molecule has 27 heavy (non-hydrogen) atoms. The molecule has 0 saturated carbocycles. The molecule has 0 bridgehead atoms. The Hall–Kier alpha value is -2.20. The van der Waals surface area contributed by atoms with Crippen molar-refractivity contribution in [3.8, 4) is 5.75 Å². The number of carbonyl (C=O) groups excluding carboxylic acids is 1. The summed E-state index contributed by atoms with van der Waals surface area (Å²) in [6, 6.07) is 11.1. The van der Waals surface area contributed by atoms with Crippen LogP contribution in [0.2, 0.25) is 5.02 Å². The van der Waals surface area contributed by atoms with E-state index in [1.807, 2.05) is 6.07 Å². The molecular weight excluding hydrogens is 410 g/mol. The van der Waals surface area contributed by atoms with Crippen molar-refractivity contribution in [2.45, 2.75) is 4.90 Å². The molecule has 1 N–H and O–H groups in total. The van der Waals surface area contributed by atoms with Gasteiger partial charge >= 0.3 is 0 Å². The van der Waals surface area contributed by atoms with Crippen LogP contribution in [0.1, 0.15) is 0 Å². The van der Waals surface area contributed by atoms with E-state index in [1.165, 1.54) is 42.6 Å². The third-order valence-electron chi connectivity index (χ3n) is 3.73. The Morgan fingerprint density at radius 3 is 2.63 bits per heavy atom. The van der Waals surface area contributed by atoms with Crippen molar-refractivity contribution in [1.29, 1.82) is 0 Å². The summed E-state index contributed by atoms with van der Waals surface area (Å²) in [5.74, 6) is 0.207. The number of anilines is 1. The highest BCUT2D eigenvalue weighted by Gasteiger charge is 2.23. The zero-order chi connectivity index (χ0) is 19.6. The first-order valence-electron chi connectivity index (χ1n) is 7.76.